The Morgan fingerprint density at radius 1 is 1.03 bits per heavy atom. The van der Waals surface area contributed by atoms with Crippen molar-refractivity contribution in [2.45, 2.75) is 56.5 Å². The standard InChI is InChI=1S/C30H38Cl2N4O3/c31-23-7-4-6-22(18-23)20-30(26-11-10-24(32)19-27(26)33-29(30)39)36(25-8-2-1-3-9-25)21-28(38)35-15-13-34(14-16-35)12-5-17-37/h4,6-7,10-11,18-19,25,37H,1-3,5,8-9,12-17,20-21H2,(H,33,39). The van der Waals surface area contributed by atoms with Crippen molar-refractivity contribution in [3.63, 3.8) is 0 Å². The molecule has 3 aliphatic rings. The third kappa shape index (κ3) is 6.13. The number of rotatable bonds is 9. The number of benzene rings is 2. The Balaban J connectivity index is 1.50. The SMILES string of the molecule is O=C(CN(C1CCCCC1)C1(Cc2cccc(Cl)c2)C(=O)Nc2cc(Cl)ccc21)N1CCN(CCCO)CC1. The van der Waals surface area contributed by atoms with Crippen LogP contribution in [0.25, 0.3) is 0 Å². The van der Waals surface area contributed by atoms with Gasteiger partial charge < -0.3 is 15.3 Å². The molecule has 7 nitrogen and oxygen atoms in total. The molecule has 2 aromatic rings. The maximum absolute atomic E-state index is 14.2. The van der Waals surface area contributed by atoms with E-state index in [-0.39, 0.29) is 31.0 Å². The highest BCUT2D eigenvalue weighted by Gasteiger charge is 2.54. The molecular formula is C30H38Cl2N4O3. The Bertz CT molecular complexity index is 1180. The minimum atomic E-state index is -1.05. The molecule has 1 unspecified atom stereocenters. The molecule has 0 spiro atoms. The normalized spacial score (nSPS) is 22.3. The second-order valence-electron chi connectivity index (χ2n) is 11.0. The Morgan fingerprint density at radius 2 is 1.77 bits per heavy atom. The molecule has 0 aromatic heterocycles. The van der Waals surface area contributed by atoms with Crippen LogP contribution in [0.1, 0.15) is 49.7 Å². The molecule has 2 fully saturated rings. The number of nitrogens with one attached hydrogen (secondary N) is 1. The maximum Gasteiger partial charge on any atom is 0.249 e. The number of aliphatic hydroxyl groups is 1. The van der Waals surface area contributed by atoms with E-state index in [4.69, 9.17) is 23.2 Å². The first-order valence-electron chi connectivity index (χ1n) is 14.1. The number of piperazine rings is 1. The smallest absolute Gasteiger partial charge is 0.249 e. The molecule has 1 saturated heterocycles. The molecule has 210 valence electrons. The summed E-state index contributed by atoms with van der Waals surface area (Å²) in [6.45, 7) is 4.10. The number of carbonyl (C=O) groups is 2. The van der Waals surface area contributed by atoms with Gasteiger partial charge in [0.25, 0.3) is 0 Å². The summed E-state index contributed by atoms with van der Waals surface area (Å²) in [4.78, 5) is 34.5. The zero-order chi connectivity index (χ0) is 27.4. The number of carbonyl (C=O) groups excluding carboxylic acids is 2. The highest BCUT2D eigenvalue weighted by atomic mass is 35.5. The summed E-state index contributed by atoms with van der Waals surface area (Å²) in [6, 6.07) is 13.4. The summed E-state index contributed by atoms with van der Waals surface area (Å²) in [5, 5.41) is 13.5. The van der Waals surface area contributed by atoms with E-state index in [0.717, 1.165) is 62.9 Å². The Labute approximate surface area is 241 Å². The van der Waals surface area contributed by atoms with Gasteiger partial charge in [-0.25, -0.2) is 0 Å². The van der Waals surface area contributed by atoms with Crippen molar-refractivity contribution < 1.29 is 14.7 Å². The van der Waals surface area contributed by atoms with E-state index in [1.807, 2.05) is 41.3 Å². The third-order valence-electron chi connectivity index (χ3n) is 8.57. The molecular weight excluding hydrogens is 535 g/mol. The van der Waals surface area contributed by atoms with Crippen LogP contribution < -0.4 is 5.32 Å². The number of hydrogen-bond donors (Lipinski definition) is 2. The lowest BCUT2D eigenvalue weighted by Gasteiger charge is -2.46. The Morgan fingerprint density at radius 3 is 2.49 bits per heavy atom. The van der Waals surface area contributed by atoms with Crippen LogP contribution in [-0.2, 0) is 21.5 Å². The van der Waals surface area contributed by atoms with Crippen molar-refractivity contribution in [2.24, 2.45) is 0 Å². The summed E-state index contributed by atoms with van der Waals surface area (Å²) in [7, 11) is 0. The number of anilines is 1. The van der Waals surface area contributed by atoms with Crippen LogP contribution in [0.2, 0.25) is 10.0 Å². The van der Waals surface area contributed by atoms with Crippen molar-refractivity contribution in [3.8, 4) is 0 Å². The van der Waals surface area contributed by atoms with Crippen LogP contribution >= 0.6 is 23.2 Å². The third-order valence-corrected chi connectivity index (χ3v) is 9.04. The van der Waals surface area contributed by atoms with Crippen LogP contribution in [0.5, 0.6) is 0 Å². The van der Waals surface area contributed by atoms with Crippen molar-refractivity contribution in [3.05, 3.63) is 63.6 Å². The number of aliphatic hydroxyl groups excluding tert-OH is 1. The monoisotopic (exact) mass is 572 g/mol. The quantitative estimate of drug-likeness (QED) is 0.461. The van der Waals surface area contributed by atoms with Crippen molar-refractivity contribution in [1.29, 1.82) is 0 Å². The van der Waals surface area contributed by atoms with Gasteiger partial charge in [0.15, 0.2) is 0 Å². The number of nitrogens with zero attached hydrogens (tertiary/aromatic N) is 3. The van der Waals surface area contributed by atoms with E-state index in [2.05, 4.69) is 15.1 Å². The fourth-order valence-electron chi connectivity index (χ4n) is 6.56. The summed E-state index contributed by atoms with van der Waals surface area (Å²) in [6.07, 6.45) is 6.41. The van der Waals surface area contributed by atoms with Gasteiger partial charge in [0, 0.05) is 73.1 Å². The van der Waals surface area contributed by atoms with Crippen molar-refractivity contribution >= 4 is 40.7 Å². The van der Waals surface area contributed by atoms with Crippen LogP contribution in [0.15, 0.2) is 42.5 Å². The van der Waals surface area contributed by atoms with Crippen LogP contribution in [-0.4, -0.2) is 83.5 Å². The van der Waals surface area contributed by atoms with E-state index < -0.39 is 5.54 Å². The van der Waals surface area contributed by atoms with Crippen molar-refractivity contribution in [2.75, 3.05) is 51.2 Å². The predicted molar refractivity (Wildman–Crippen MR) is 155 cm³/mol. The Hall–Kier alpha value is -2.16. The highest BCUT2D eigenvalue weighted by molar-refractivity contribution is 6.31. The van der Waals surface area contributed by atoms with Gasteiger partial charge in [-0.2, -0.15) is 0 Å². The van der Waals surface area contributed by atoms with Crippen LogP contribution in [0, 0.1) is 0 Å². The van der Waals surface area contributed by atoms with E-state index in [0.29, 0.717) is 35.2 Å². The summed E-state index contributed by atoms with van der Waals surface area (Å²) >= 11 is 12.7. The van der Waals surface area contributed by atoms with Gasteiger partial charge in [-0.15, -0.1) is 0 Å². The van der Waals surface area contributed by atoms with Gasteiger partial charge in [-0.05, 0) is 49.1 Å². The molecule has 1 atom stereocenters. The molecule has 2 aromatic carbocycles. The average molecular weight is 574 g/mol. The summed E-state index contributed by atoms with van der Waals surface area (Å²) < 4.78 is 0. The highest BCUT2D eigenvalue weighted by Crippen LogP contribution is 2.46. The number of amides is 2. The first-order chi connectivity index (χ1) is 18.9. The Kier molecular flexibility index (Phi) is 9.14. The number of hydrogen-bond acceptors (Lipinski definition) is 5. The molecule has 0 bridgehead atoms. The maximum atomic E-state index is 14.2. The van der Waals surface area contributed by atoms with E-state index in [1.54, 1.807) is 6.07 Å². The molecule has 1 saturated carbocycles. The van der Waals surface area contributed by atoms with Gasteiger partial charge in [0.05, 0.1) is 6.54 Å². The lowest BCUT2D eigenvalue weighted by atomic mass is 9.80. The molecule has 2 N–H and O–H groups in total. The molecule has 9 heteroatoms. The lowest BCUT2D eigenvalue weighted by molar-refractivity contribution is -0.141. The fourth-order valence-corrected chi connectivity index (χ4v) is 6.95. The largest absolute Gasteiger partial charge is 0.396 e. The molecule has 1 aliphatic carbocycles. The minimum Gasteiger partial charge on any atom is -0.396 e. The molecule has 2 aliphatic heterocycles. The fraction of sp³-hybridized carbons (Fsp3) is 0.533. The summed E-state index contributed by atoms with van der Waals surface area (Å²) in [5.41, 5.74) is 1.47. The van der Waals surface area contributed by atoms with Gasteiger partial charge in [-0.3, -0.25) is 19.4 Å². The van der Waals surface area contributed by atoms with E-state index in [9.17, 15) is 14.7 Å². The molecule has 0 radical (unpaired) electrons. The van der Waals surface area contributed by atoms with Gasteiger partial charge in [-0.1, -0.05) is 60.7 Å². The first kappa shape index (κ1) is 28.4. The number of fused-ring (bicyclic) bond motifs is 1. The van der Waals surface area contributed by atoms with Gasteiger partial charge in [0.1, 0.15) is 5.54 Å². The summed E-state index contributed by atoms with van der Waals surface area (Å²) in [5.74, 6) is -0.0602. The lowest BCUT2D eigenvalue weighted by Crippen LogP contribution is -2.60. The number of halogens is 2. The van der Waals surface area contributed by atoms with Crippen molar-refractivity contribution in [1.82, 2.24) is 14.7 Å². The second kappa shape index (κ2) is 12.6. The van der Waals surface area contributed by atoms with Gasteiger partial charge >= 0.3 is 0 Å². The zero-order valence-electron chi connectivity index (χ0n) is 22.4. The van der Waals surface area contributed by atoms with Gasteiger partial charge in [0.2, 0.25) is 11.8 Å². The second-order valence-corrected chi connectivity index (χ2v) is 11.9. The molecule has 5 rings (SSSR count). The van der Waals surface area contributed by atoms with E-state index >= 15 is 0 Å². The molecule has 39 heavy (non-hydrogen) atoms. The molecule has 2 amide bonds. The average Bonchev–Trinajstić information content (AvgIpc) is 3.21. The van der Waals surface area contributed by atoms with E-state index in [1.165, 1.54) is 6.42 Å². The minimum absolute atomic E-state index is 0.0584. The first-order valence-corrected chi connectivity index (χ1v) is 14.9. The van der Waals surface area contributed by atoms with Crippen LogP contribution in [0.3, 0.4) is 0 Å². The topological polar surface area (TPSA) is 76.1 Å². The molecule has 2 heterocycles. The van der Waals surface area contributed by atoms with Crippen LogP contribution in [0.4, 0.5) is 5.69 Å². The predicted octanol–water partition coefficient (Wildman–Crippen LogP) is 4.54. The zero-order valence-corrected chi connectivity index (χ0v) is 23.9.